The van der Waals surface area contributed by atoms with Gasteiger partial charge in [0.25, 0.3) is 0 Å². The number of hydrogen-bond acceptors (Lipinski definition) is 5. The quantitative estimate of drug-likeness (QED) is 0.916. The number of methoxy groups -OCH3 is 1. The van der Waals surface area contributed by atoms with Gasteiger partial charge in [-0.15, -0.1) is 0 Å². The van der Waals surface area contributed by atoms with Gasteiger partial charge in [-0.25, -0.2) is 9.50 Å². The molecule has 0 bridgehead atoms. The van der Waals surface area contributed by atoms with Crippen molar-refractivity contribution in [2.45, 2.75) is 19.3 Å². The number of aliphatic hydroxyl groups excluding tert-OH is 1. The maximum Gasteiger partial charge on any atom is 0.435 e. The summed E-state index contributed by atoms with van der Waals surface area (Å²) >= 11 is 0.625. The smallest absolute Gasteiger partial charge is 0.390 e. The first-order valence-electron chi connectivity index (χ1n) is 5.33. The summed E-state index contributed by atoms with van der Waals surface area (Å²) in [4.78, 5) is 3.18. The van der Waals surface area contributed by atoms with E-state index in [0.717, 1.165) is 11.6 Å². The van der Waals surface area contributed by atoms with Crippen molar-refractivity contribution < 1.29 is 25.8 Å². The van der Waals surface area contributed by atoms with Gasteiger partial charge in [0.15, 0.2) is 5.69 Å². The van der Waals surface area contributed by atoms with E-state index in [4.69, 9.17) is 7.85 Å². The second-order valence-corrected chi connectivity index (χ2v) is 3.93. The summed E-state index contributed by atoms with van der Waals surface area (Å²) in [6.45, 7) is -3.13. The molecule has 0 atom stereocenters. The van der Waals surface area contributed by atoms with Crippen molar-refractivity contribution in [3.05, 3.63) is 16.4 Å². The molecule has 0 saturated heterocycles. The number of aromatic nitrogens is 3. The standard InChI is InChI=1S/C8H8F3N3O2S/c1-16-3-5-13-14-4(2-15)6(8(9,10)11)12-7(14)17-5/h15H,2-3H2,1H3/i3D2. The predicted molar refractivity (Wildman–Crippen MR) is 52.5 cm³/mol. The van der Waals surface area contributed by atoms with Crippen LogP contribution in [-0.4, -0.2) is 26.8 Å². The third-order valence-electron chi connectivity index (χ3n) is 1.90. The van der Waals surface area contributed by atoms with Gasteiger partial charge >= 0.3 is 6.18 Å². The Hall–Kier alpha value is -1.19. The minimum absolute atomic E-state index is 0.160. The van der Waals surface area contributed by atoms with Gasteiger partial charge in [0, 0.05) is 7.11 Å². The number of alkyl halides is 3. The summed E-state index contributed by atoms with van der Waals surface area (Å²) < 4.78 is 58.2. The number of aliphatic hydroxyl groups is 1. The second-order valence-electron chi connectivity index (χ2n) is 2.97. The Kier molecular flexibility index (Phi) is 2.44. The molecule has 0 amide bonds. The van der Waals surface area contributed by atoms with Crippen LogP contribution in [0.2, 0.25) is 0 Å². The zero-order valence-electron chi connectivity index (χ0n) is 10.4. The van der Waals surface area contributed by atoms with Gasteiger partial charge in [-0.3, -0.25) is 0 Å². The average molecular weight is 269 g/mol. The van der Waals surface area contributed by atoms with Crippen LogP contribution >= 0.6 is 11.3 Å². The number of nitrogens with zero attached hydrogens (tertiary/aromatic N) is 3. The molecular weight excluding hydrogens is 259 g/mol. The zero-order chi connectivity index (χ0) is 14.4. The number of rotatable bonds is 3. The normalized spacial score (nSPS) is 15.1. The minimum Gasteiger partial charge on any atom is -0.390 e. The van der Waals surface area contributed by atoms with Crippen LogP contribution in [0.5, 0.6) is 0 Å². The van der Waals surface area contributed by atoms with Gasteiger partial charge in [-0.2, -0.15) is 18.3 Å². The first-order chi connectivity index (χ1) is 8.70. The Morgan fingerprint density at radius 2 is 2.29 bits per heavy atom. The van der Waals surface area contributed by atoms with Crippen LogP contribution in [0.3, 0.4) is 0 Å². The van der Waals surface area contributed by atoms with Gasteiger partial charge in [0.1, 0.15) is 10.7 Å². The van der Waals surface area contributed by atoms with Crippen molar-refractivity contribution in [2.75, 3.05) is 7.11 Å². The molecule has 5 nitrogen and oxygen atoms in total. The Labute approximate surface area is 100 Å². The topological polar surface area (TPSA) is 59.7 Å². The van der Waals surface area contributed by atoms with Crippen molar-refractivity contribution >= 4 is 16.3 Å². The lowest BCUT2D eigenvalue weighted by Crippen LogP contribution is -2.10. The number of imidazole rings is 1. The molecule has 1 N–H and O–H groups in total. The fourth-order valence-electron chi connectivity index (χ4n) is 1.29. The minimum atomic E-state index is -4.70. The molecule has 0 spiro atoms. The highest BCUT2D eigenvalue weighted by molar-refractivity contribution is 7.16. The Balaban J connectivity index is 2.61. The first kappa shape index (κ1) is 9.80. The van der Waals surface area contributed by atoms with Crippen LogP contribution in [0.15, 0.2) is 0 Å². The van der Waals surface area contributed by atoms with E-state index < -0.39 is 30.7 Å². The highest BCUT2D eigenvalue weighted by Gasteiger charge is 2.38. The zero-order valence-corrected chi connectivity index (χ0v) is 9.26. The van der Waals surface area contributed by atoms with Crippen LogP contribution in [0.4, 0.5) is 13.2 Å². The monoisotopic (exact) mass is 269 g/mol. The molecule has 0 fully saturated rings. The molecule has 17 heavy (non-hydrogen) atoms. The highest BCUT2D eigenvalue weighted by atomic mass is 32.1. The Bertz CT molecular complexity index is 610. The van der Waals surface area contributed by atoms with E-state index in [2.05, 4.69) is 14.8 Å². The van der Waals surface area contributed by atoms with Gasteiger partial charge in [0.05, 0.1) is 15.9 Å². The summed E-state index contributed by atoms with van der Waals surface area (Å²) in [6.07, 6.45) is -4.70. The number of halogens is 3. The fraction of sp³-hybridized carbons (Fsp3) is 0.500. The molecule has 0 aliphatic heterocycles. The molecule has 2 heterocycles. The SMILES string of the molecule is [2H]C([2H])(OC)c1nn2c(CO)c(C(F)(F)F)nc2s1. The molecule has 9 heteroatoms. The van der Waals surface area contributed by atoms with Crippen LogP contribution in [0, 0.1) is 0 Å². The number of ether oxygens (including phenoxy) is 1. The first-order valence-corrected chi connectivity index (χ1v) is 5.14. The van der Waals surface area contributed by atoms with Crippen molar-refractivity contribution in [3.8, 4) is 0 Å². The van der Waals surface area contributed by atoms with Gasteiger partial charge in [-0.1, -0.05) is 11.3 Å². The lowest BCUT2D eigenvalue weighted by Gasteiger charge is -2.04. The second kappa shape index (κ2) is 4.24. The third-order valence-corrected chi connectivity index (χ3v) is 2.71. The van der Waals surface area contributed by atoms with Crippen molar-refractivity contribution in [1.82, 2.24) is 14.6 Å². The molecule has 0 radical (unpaired) electrons. The maximum absolute atomic E-state index is 12.6. The predicted octanol–water partition coefficient (Wildman–Crippen LogP) is 1.45. The van der Waals surface area contributed by atoms with E-state index in [0.29, 0.717) is 11.3 Å². The lowest BCUT2D eigenvalue weighted by molar-refractivity contribution is -0.142. The molecule has 0 aliphatic rings. The molecule has 0 saturated carbocycles. The molecule has 94 valence electrons. The van der Waals surface area contributed by atoms with E-state index in [1.54, 1.807) is 0 Å². The molecule has 2 aromatic rings. The third kappa shape index (κ3) is 2.13. The van der Waals surface area contributed by atoms with E-state index in [9.17, 15) is 13.2 Å². The summed E-state index contributed by atoms with van der Waals surface area (Å²) in [7, 11) is 1.11. The molecular formula is C8H8F3N3O2S. The Morgan fingerprint density at radius 1 is 1.59 bits per heavy atom. The fourth-order valence-corrected chi connectivity index (χ4v) is 2.08. The molecule has 0 aromatic carbocycles. The highest BCUT2D eigenvalue weighted by Crippen LogP contribution is 2.33. The summed E-state index contributed by atoms with van der Waals surface area (Å²) in [5.41, 5.74) is -1.75. The van der Waals surface area contributed by atoms with Gasteiger partial charge < -0.3 is 9.84 Å². The van der Waals surface area contributed by atoms with Gasteiger partial charge in [-0.05, 0) is 0 Å². The van der Waals surface area contributed by atoms with E-state index >= 15 is 0 Å². The van der Waals surface area contributed by atoms with Crippen LogP contribution < -0.4 is 0 Å². The van der Waals surface area contributed by atoms with E-state index in [1.165, 1.54) is 0 Å². The van der Waals surface area contributed by atoms with Gasteiger partial charge in [0.2, 0.25) is 4.96 Å². The van der Waals surface area contributed by atoms with E-state index in [1.807, 2.05) is 0 Å². The van der Waals surface area contributed by atoms with Crippen LogP contribution in [0.25, 0.3) is 4.96 Å². The van der Waals surface area contributed by atoms with Crippen molar-refractivity contribution in [2.24, 2.45) is 0 Å². The number of hydrogen-bond donors (Lipinski definition) is 1. The molecule has 2 rings (SSSR count). The summed E-state index contributed by atoms with van der Waals surface area (Å²) in [5.74, 6) is 0. The van der Waals surface area contributed by atoms with Crippen LogP contribution in [0.1, 0.15) is 19.1 Å². The number of fused-ring (bicyclic) bond motifs is 1. The van der Waals surface area contributed by atoms with Crippen molar-refractivity contribution in [1.29, 1.82) is 0 Å². The lowest BCUT2D eigenvalue weighted by atomic mass is 10.3. The Morgan fingerprint density at radius 3 is 2.82 bits per heavy atom. The summed E-state index contributed by atoms with van der Waals surface area (Å²) in [6, 6.07) is 0. The average Bonchev–Trinajstić information content (AvgIpc) is 2.84. The van der Waals surface area contributed by atoms with E-state index in [-0.39, 0.29) is 9.97 Å². The summed E-state index contributed by atoms with van der Waals surface area (Å²) in [5, 5.41) is 12.5. The maximum atomic E-state index is 12.6. The van der Waals surface area contributed by atoms with Crippen molar-refractivity contribution in [3.63, 3.8) is 0 Å². The molecule has 0 aliphatic carbocycles. The van der Waals surface area contributed by atoms with Crippen LogP contribution in [-0.2, 0) is 24.1 Å². The molecule has 2 aromatic heterocycles. The molecule has 0 unspecified atom stereocenters. The largest absolute Gasteiger partial charge is 0.435 e.